The first-order valence-corrected chi connectivity index (χ1v) is 16.3. The third-order valence-electron chi connectivity index (χ3n) is 11.5. The monoisotopic (exact) mass is 580 g/mol. The van der Waals surface area contributed by atoms with Crippen molar-refractivity contribution < 1.29 is 0 Å². The van der Waals surface area contributed by atoms with E-state index in [0.717, 1.165) is 6.42 Å². The molecule has 0 N–H and O–H groups in total. The molecule has 0 fully saturated rings. The van der Waals surface area contributed by atoms with Crippen molar-refractivity contribution >= 4 is 32.3 Å². The van der Waals surface area contributed by atoms with E-state index in [9.17, 15) is 0 Å². The Balaban J connectivity index is 1.72. The van der Waals surface area contributed by atoms with Gasteiger partial charge in [0.1, 0.15) is 0 Å². The molecule has 0 unspecified atom stereocenters. The molecule has 0 atom stereocenters. The fraction of sp³-hybridized carbons (Fsp3) is 0.200. The topological polar surface area (TPSA) is 0 Å². The van der Waals surface area contributed by atoms with Crippen LogP contribution in [-0.2, 0) is 6.42 Å². The van der Waals surface area contributed by atoms with Crippen LogP contribution in [0.15, 0.2) is 84.9 Å². The van der Waals surface area contributed by atoms with E-state index < -0.39 is 0 Å². The number of aryl methyl sites for hydroxylation is 4. The Morgan fingerprint density at radius 3 is 1.38 bits per heavy atom. The van der Waals surface area contributed by atoms with Crippen LogP contribution in [0.3, 0.4) is 0 Å². The standard InChI is InChI=1S/C45H40/c1-24-26(3)30(7)41-39(28(24)5)44(37-21-13-17-32-15-9-11-19-35(32)37)40-29(6)25(2)27(4)31(8)42(40)45(41)38-22-14-18-34-23-33-16-10-12-20-36(33)43(34)38/h9-22H,23H2,1-8H3. The Bertz CT molecular complexity index is 2330. The maximum atomic E-state index is 2.40. The lowest BCUT2D eigenvalue weighted by atomic mass is 9.75. The summed E-state index contributed by atoms with van der Waals surface area (Å²) in [6, 6.07) is 31.8. The molecule has 0 aliphatic heterocycles. The highest BCUT2D eigenvalue weighted by atomic mass is 14.3. The molecule has 7 aromatic carbocycles. The summed E-state index contributed by atoms with van der Waals surface area (Å²) in [5.41, 5.74) is 22.3. The van der Waals surface area contributed by atoms with Gasteiger partial charge in [0, 0.05) is 0 Å². The van der Waals surface area contributed by atoms with Crippen molar-refractivity contribution in [2.45, 2.75) is 61.8 Å². The Hall–Kier alpha value is -4.68. The quantitative estimate of drug-likeness (QED) is 0.178. The van der Waals surface area contributed by atoms with Crippen molar-refractivity contribution in [2.75, 3.05) is 0 Å². The highest BCUT2D eigenvalue weighted by molar-refractivity contribution is 6.28. The average molecular weight is 581 g/mol. The van der Waals surface area contributed by atoms with Crippen molar-refractivity contribution in [1.29, 1.82) is 0 Å². The van der Waals surface area contributed by atoms with Crippen molar-refractivity contribution in [1.82, 2.24) is 0 Å². The molecule has 0 bridgehead atoms. The Kier molecular flexibility index (Phi) is 6.13. The lowest BCUT2D eigenvalue weighted by Gasteiger charge is -2.28. The van der Waals surface area contributed by atoms with Crippen LogP contribution in [0.1, 0.15) is 55.6 Å². The fourth-order valence-electron chi connectivity index (χ4n) is 8.50. The minimum Gasteiger partial charge on any atom is -0.0619 e. The lowest BCUT2D eigenvalue weighted by molar-refractivity contribution is 1.24. The molecular formula is C45H40. The van der Waals surface area contributed by atoms with Crippen molar-refractivity contribution in [3.63, 3.8) is 0 Å². The van der Waals surface area contributed by atoms with E-state index in [2.05, 4.69) is 140 Å². The van der Waals surface area contributed by atoms with Crippen LogP contribution >= 0.6 is 0 Å². The van der Waals surface area contributed by atoms with Gasteiger partial charge in [-0.2, -0.15) is 0 Å². The molecule has 220 valence electrons. The zero-order valence-corrected chi connectivity index (χ0v) is 27.8. The van der Waals surface area contributed by atoms with Gasteiger partial charge in [0.25, 0.3) is 0 Å². The van der Waals surface area contributed by atoms with E-state index in [1.54, 1.807) is 0 Å². The van der Waals surface area contributed by atoms with Crippen LogP contribution < -0.4 is 0 Å². The van der Waals surface area contributed by atoms with Crippen LogP contribution in [0.2, 0.25) is 0 Å². The number of fused-ring (bicyclic) bond motifs is 6. The summed E-state index contributed by atoms with van der Waals surface area (Å²) in [5.74, 6) is 0. The predicted molar refractivity (Wildman–Crippen MR) is 196 cm³/mol. The smallest absolute Gasteiger partial charge is 0.00132 e. The molecule has 1 aliphatic carbocycles. The van der Waals surface area contributed by atoms with Gasteiger partial charge >= 0.3 is 0 Å². The van der Waals surface area contributed by atoms with Crippen LogP contribution in [-0.4, -0.2) is 0 Å². The summed E-state index contributed by atoms with van der Waals surface area (Å²) in [4.78, 5) is 0. The minimum absolute atomic E-state index is 0.996. The second-order valence-electron chi connectivity index (χ2n) is 13.5. The molecule has 0 nitrogen and oxygen atoms in total. The van der Waals surface area contributed by atoms with Crippen LogP contribution in [0.5, 0.6) is 0 Å². The first-order valence-electron chi connectivity index (χ1n) is 16.3. The zero-order valence-electron chi connectivity index (χ0n) is 27.8. The summed E-state index contributed by atoms with van der Waals surface area (Å²) in [5, 5.41) is 8.24. The highest BCUT2D eigenvalue weighted by Gasteiger charge is 2.29. The molecule has 0 aromatic heterocycles. The van der Waals surface area contributed by atoms with Crippen molar-refractivity contribution in [3.8, 4) is 33.4 Å². The molecule has 45 heavy (non-hydrogen) atoms. The van der Waals surface area contributed by atoms with E-state index in [1.807, 2.05) is 0 Å². The molecule has 1 aliphatic rings. The maximum Gasteiger partial charge on any atom is -0.00132 e. The summed E-state index contributed by atoms with van der Waals surface area (Å²) < 4.78 is 0. The minimum atomic E-state index is 0.996. The van der Waals surface area contributed by atoms with Crippen LogP contribution in [0, 0.1) is 55.4 Å². The second kappa shape index (κ2) is 9.91. The van der Waals surface area contributed by atoms with Gasteiger partial charge in [-0.3, -0.25) is 0 Å². The Morgan fingerprint density at radius 2 is 0.756 bits per heavy atom. The SMILES string of the molecule is Cc1c(C)c(C)c2c(-c3cccc4ccccc34)c3c(C)c(C)c(C)c(C)c3c(-c3cccc4c3-c3ccccc3C4)c2c1C. The molecule has 0 heteroatoms. The Morgan fingerprint density at radius 1 is 0.333 bits per heavy atom. The van der Waals surface area contributed by atoms with Gasteiger partial charge in [0.05, 0.1) is 0 Å². The molecule has 0 saturated carbocycles. The Labute approximate surface area is 267 Å². The van der Waals surface area contributed by atoms with E-state index in [0.29, 0.717) is 0 Å². The highest BCUT2D eigenvalue weighted by Crippen LogP contribution is 2.54. The maximum absolute atomic E-state index is 2.40. The summed E-state index contributed by atoms with van der Waals surface area (Å²) in [6.45, 7) is 18.8. The van der Waals surface area contributed by atoms with Gasteiger partial charge in [-0.05, 0) is 183 Å². The molecule has 8 rings (SSSR count). The first kappa shape index (κ1) is 27.8. The molecule has 0 amide bonds. The molecule has 0 radical (unpaired) electrons. The largest absolute Gasteiger partial charge is 0.0619 e. The van der Waals surface area contributed by atoms with Gasteiger partial charge in [0.2, 0.25) is 0 Å². The summed E-state index contributed by atoms with van der Waals surface area (Å²) in [7, 11) is 0. The number of benzene rings is 7. The summed E-state index contributed by atoms with van der Waals surface area (Å²) in [6.07, 6.45) is 0.996. The van der Waals surface area contributed by atoms with Crippen molar-refractivity contribution in [2.24, 2.45) is 0 Å². The molecule has 7 aromatic rings. The molecule has 0 spiro atoms. The van der Waals surface area contributed by atoms with E-state index in [1.165, 1.54) is 121 Å². The fourth-order valence-corrected chi connectivity index (χ4v) is 8.50. The van der Waals surface area contributed by atoms with Gasteiger partial charge in [-0.15, -0.1) is 0 Å². The van der Waals surface area contributed by atoms with Gasteiger partial charge < -0.3 is 0 Å². The van der Waals surface area contributed by atoms with Gasteiger partial charge in [0.15, 0.2) is 0 Å². The average Bonchev–Trinajstić information content (AvgIpc) is 3.45. The van der Waals surface area contributed by atoms with Gasteiger partial charge in [-0.1, -0.05) is 84.9 Å². The second-order valence-corrected chi connectivity index (χ2v) is 13.5. The van der Waals surface area contributed by atoms with E-state index in [4.69, 9.17) is 0 Å². The zero-order chi connectivity index (χ0) is 31.3. The number of rotatable bonds is 2. The number of hydrogen-bond donors (Lipinski definition) is 0. The first-order chi connectivity index (χ1) is 21.7. The molecular weight excluding hydrogens is 540 g/mol. The van der Waals surface area contributed by atoms with Crippen LogP contribution in [0.4, 0.5) is 0 Å². The van der Waals surface area contributed by atoms with Crippen molar-refractivity contribution in [3.05, 3.63) is 141 Å². The summed E-state index contributed by atoms with van der Waals surface area (Å²) >= 11 is 0. The third-order valence-corrected chi connectivity index (χ3v) is 11.5. The molecule has 0 saturated heterocycles. The lowest BCUT2D eigenvalue weighted by Crippen LogP contribution is -2.04. The van der Waals surface area contributed by atoms with E-state index in [-0.39, 0.29) is 0 Å². The van der Waals surface area contributed by atoms with Gasteiger partial charge in [-0.25, -0.2) is 0 Å². The van der Waals surface area contributed by atoms with E-state index >= 15 is 0 Å². The number of hydrogen-bond acceptors (Lipinski definition) is 0. The van der Waals surface area contributed by atoms with Crippen LogP contribution in [0.25, 0.3) is 65.7 Å². The molecule has 0 heterocycles. The predicted octanol–water partition coefficient (Wildman–Crippen LogP) is 12.5. The normalized spacial score (nSPS) is 12.4. The third kappa shape index (κ3) is 3.72.